The lowest BCUT2D eigenvalue weighted by molar-refractivity contribution is 0.180. The summed E-state index contributed by atoms with van der Waals surface area (Å²) in [6.07, 6.45) is 18.4. The summed E-state index contributed by atoms with van der Waals surface area (Å²) in [7, 11) is 3.83. The van der Waals surface area contributed by atoms with Gasteiger partial charge < -0.3 is 9.47 Å². The maximum atomic E-state index is 5.45. The Balaban J connectivity index is 1.44. The van der Waals surface area contributed by atoms with Crippen LogP contribution in [0.3, 0.4) is 0 Å². The van der Waals surface area contributed by atoms with E-state index in [0.29, 0.717) is 0 Å². The summed E-state index contributed by atoms with van der Waals surface area (Å²) in [4.78, 5) is 0. The molecule has 2 nitrogen and oxygen atoms in total. The Morgan fingerprint density at radius 2 is 1.22 bits per heavy atom. The third-order valence-electron chi connectivity index (χ3n) is 2.59. The van der Waals surface area contributed by atoms with Crippen LogP contribution in [0.5, 0.6) is 0 Å². The molecule has 0 bridgehead atoms. The molecule has 0 aliphatic carbocycles. The first-order valence-electron chi connectivity index (χ1n) is 6.17. The summed E-state index contributed by atoms with van der Waals surface area (Å²) >= 11 is 0. The van der Waals surface area contributed by atoms with Crippen molar-refractivity contribution in [3.05, 3.63) is 49.0 Å². The molecular weight excluding hydrogens is 264 g/mol. The predicted molar refractivity (Wildman–Crippen MR) is 80.5 cm³/mol. The summed E-state index contributed by atoms with van der Waals surface area (Å²) in [6.45, 7) is 0. The molecule has 98 valence electrons. The highest BCUT2D eigenvalue weighted by Gasteiger charge is 2.07. The monoisotopic (exact) mass is 282 g/mol. The second-order valence-corrected chi connectivity index (χ2v) is 6.70. The molecule has 2 heterocycles. The molecule has 0 amide bonds. The zero-order chi connectivity index (χ0) is 12.5. The minimum atomic E-state index is 0.262. The lowest BCUT2D eigenvalue weighted by atomic mass is 10.2. The first kappa shape index (κ1) is 13.7. The Morgan fingerprint density at radius 1 is 0.722 bits per heavy atom. The molecule has 2 atom stereocenters. The molecule has 2 rings (SSSR count). The van der Waals surface area contributed by atoms with Crippen molar-refractivity contribution in [2.45, 2.75) is 25.0 Å². The SMILES string of the molecule is C1=COC(CCSSCCC2C=CC=CO2)C=C1. The fourth-order valence-electron chi connectivity index (χ4n) is 1.63. The van der Waals surface area contributed by atoms with Crippen LogP contribution in [0.2, 0.25) is 0 Å². The molecule has 0 radical (unpaired) electrons. The summed E-state index contributed by atoms with van der Waals surface area (Å²) in [6, 6.07) is 0. The zero-order valence-electron chi connectivity index (χ0n) is 10.2. The third-order valence-corrected chi connectivity index (χ3v) is 5.06. The molecule has 2 unspecified atom stereocenters. The molecule has 0 saturated carbocycles. The molecule has 0 spiro atoms. The highest BCUT2D eigenvalue weighted by molar-refractivity contribution is 8.76. The first-order chi connectivity index (χ1) is 8.95. The normalized spacial score (nSPS) is 24.9. The highest BCUT2D eigenvalue weighted by Crippen LogP contribution is 2.25. The van der Waals surface area contributed by atoms with Crippen molar-refractivity contribution in [1.82, 2.24) is 0 Å². The van der Waals surface area contributed by atoms with E-state index in [9.17, 15) is 0 Å². The standard InChI is InChI=1S/C14H18O2S2/c1-3-9-15-13(5-1)7-11-17-18-12-8-14-6-2-4-10-16-14/h1-6,9-10,13-14H,7-8,11-12H2. The molecule has 0 aromatic rings. The minimum Gasteiger partial charge on any atom is -0.494 e. The fraction of sp³-hybridized carbons (Fsp3) is 0.429. The Morgan fingerprint density at radius 3 is 1.61 bits per heavy atom. The van der Waals surface area contributed by atoms with Gasteiger partial charge in [-0.2, -0.15) is 0 Å². The Labute approximate surface area is 117 Å². The van der Waals surface area contributed by atoms with E-state index in [0.717, 1.165) is 24.3 Å². The van der Waals surface area contributed by atoms with Crippen LogP contribution in [0, 0.1) is 0 Å². The van der Waals surface area contributed by atoms with Gasteiger partial charge >= 0.3 is 0 Å². The van der Waals surface area contributed by atoms with E-state index >= 15 is 0 Å². The quantitative estimate of drug-likeness (QED) is 0.517. The predicted octanol–water partition coefficient (Wildman–Crippen LogP) is 4.09. The lowest BCUT2D eigenvalue weighted by Gasteiger charge is -2.15. The van der Waals surface area contributed by atoms with Gasteiger partial charge in [0.1, 0.15) is 12.2 Å². The summed E-state index contributed by atoms with van der Waals surface area (Å²) in [5.41, 5.74) is 0. The fourth-order valence-corrected chi connectivity index (χ4v) is 3.80. The smallest absolute Gasteiger partial charge is 0.117 e. The number of rotatable bonds is 7. The second-order valence-electron chi connectivity index (χ2n) is 4.00. The average molecular weight is 282 g/mol. The number of hydrogen-bond donors (Lipinski definition) is 0. The molecule has 4 heteroatoms. The Kier molecular flexibility index (Phi) is 6.37. The van der Waals surface area contributed by atoms with Crippen molar-refractivity contribution in [3.63, 3.8) is 0 Å². The lowest BCUT2D eigenvalue weighted by Crippen LogP contribution is -2.09. The Hall–Kier alpha value is -0.740. The number of allylic oxidation sites excluding steroid dienone is 4. The van der Waals surface area contributed by atoms with Gasteiger partial charge in [-0.05, 0) is 37.1 Å². The average Bonchev–Trinajstić information content (AvgIpc) is 2.45. The van der Waals surface area contributed by atoms with Gasteiger partial charge in [0.15, 0.2) is 0 Å². The number of hydrogen-bond acceptors (Lipinski definition) is 4. The summed E-state index contributed by atoms with van der Waals surface area (Å²) in [5.74, 6) is 2.24. The molecular formula is C14H18O2S2. The summed E-state index contributed by atoms with van der Waals surface area (Å²) in [5, 5.41) is 0. The van der Waals surface area contributed by atoms with Crippen LogP contribution >= 0.6 is 21.6 Å². The Bertz CT molecular complexity index is 314. The van der Waals surface area contributed by atoms with Crippen molar-refractivity contribution in [3.8, 4) is 0 Å². The summed E-state index contributed by atoms with van der Waals surface area (Å²) < 4.78 is 10.9. The van der Waals surface area contributed by atoms with E-state index in [4.69, 9.17) is 9.47 Å². The van der Waals surface area contributed by atoms with Gasteiger partial charge in [0.05, 0.1) is 12.5 Å². The van der Waals surface area contributed by atoms with Crippen LogP contribution in [-0.4, -0.2) is 23.7 Å². The largest absolute Gasteiger partial charge is 0.494 e. The van der Waals surface area contributed by atoms with Crippen molar-refractivity contribution >= 4 is 21.6 Å². The van der Waals surface area contributed by atoms with E-state index in [2.05, 4.69) is 12.2 Å². The zero-order valence-corrected chi connectivity index (χ0v) is 11.9. The van der Waals surface area contributed by atoms with Crippen LogP contribution in [0.1, 0.15) is 12.8 Å². The molecule has 0 aromatic heterocycles. The van der Waals surface area contributed by atoms with Gasteiger partial charge in [0.2, 0.25) is 0 Å². The maximum absolute atomic E-state index is 5.45. The van der Waals surface area contributed by atoms with Gasteiger partial charge in [-0.1, -0.05) is 33.7 Å². The van der Waals surface area contributed by atoms with Crippen LogP contribution < -0.4 is 0 Å². The van der Waals surface area contributed by atoms with Gasteiger partial charge in [-0.3, -0.25) is 0 Å². The second kappa shape index (κ2) is 8.38. The number of ether oxygens (including phenoxy) is 2. The van der Waals surface area contributed by atoms with Crippen LogP contribution in [0.4, 0.5) is 0 Å². The molecule has 0 fully saturated rings. The van der Waals surface area contributed by atoms with Crippen LogP contribution in [-0.2, 0) is 9.47 Å². The first-order valence-corrected chi connectivity index (χ1v) is 8.66. The van der Waals surface area contributed by atoms with Crippen LogP contribution in [0.15, 0.2) is 49.0 Å². The topological polar surface area (TPSA) is 18.5 Å². The van der Waals surface area contributed by atoms with Gasteiger partial charge in [0, 0.05) is 11.5 Å². The molecule has 18 heavy (non-hydrogen) atoms. The molecule has 0 N–H and O–H groups in total. The van der Waals surface area contributed by atoms with E-state index in [-0.39, 0.29) is 12.2 Å². The van der Waals surface area contributed by atoms with E-state index in [1.54, 1.807) is 12.5 Å². The van der Waals surface area contributed by atoms with Crippen molar-refractivity contribution in [2.75, 3.05) is 11.5 Å². The minimum absolute atomic E-state index is 0.262. The third kappa shape index (κ3) is 5.27. The highest BCUT2D eigenvalue weighted by atomic mass is 33.1. The van der Waals surface area contributed by atoms with Crippen molar-refractivity contribution < 1.29 is 9.47 Å². The molecule has 2 aliphatic heterocycles. The van der Waals surface area contributed by atoms with Gasteiger partial charge in [-0.15, -0.1) is 0 Å². The molecule has 0 saturated heterocycles. The maximum Gasteiger partial charge on any atom is 0.117 e. The molecule has 0 aromatic carbocycles. The van der Waals surface area contributed by atoms with E-state index in [1.807, 2.05) is 45.9 Å². The van der Waals surface area contributed by atoms with Crippen molar-refractivity contribution in [2.24, 2.45) is 0 Å². The van der Waals surface area contributed by atoms with Gasteiger partial charge in [-0.25, -0.2) is 0 Å². The van der Waals surface area contributed by atoms with E-state index < -0.39 is 0 Å². The van der Waals surface area contributed by atoms with E-state index in [1.165, 1.54) is 0 Å². The van der Waals surface area contributed by atoms with Crippen molar-refractivity contribution in [1.29, 1.82) is 0 Å². The van der Waals surface area contributed by atoms with Gasteiger partial charge in [0.25, 0.3) is 0 Å². The van der Waals surface area contributed by atoms with Crippen LogP contribution in [0.25, 0.3) is 0 Å². The molecule has 2 aliphatic rings.